The second-order valence-electron chi connectivity index (χ2n) is 10.8. The lowest BCUT2D eigenvalue weighted by Crippen LogP contribution is -2.33. The monoisotopic (exact) mass is 621 g/mol. The molecule has 3 heterocycles. The van der Waals surface area contributed by atoms with Crippen molar-refractivity contribution < 1.29 is 19.1 Å². The summed E-state index contributed by atoms with van der Waals surface area (Å²) < 4.78 is 7.12. The van der Waals surface area contributed by atoms with E-state index >= 15 is 0 Å². The molecule has 5 aromatic rings. The third-order valence-corrected chi connectivity index (χ3v) is 10.8. The molecule has 0 aliphatic carbocycles. The Hall–Kier alpha value is -4.67. The topological polar surface area (TPSA) is 97.7 Å². The van der Waals surface area contributed by atoms with E-state index in [0.29, 0.717) is 32.6 Å². The first-order valence-electron chi connectivity index (χ1n) is 14.1. The van der Waals surface area contributed by atoms with Crippen LogP contribution < -0.4 is 19.8 Å². The number of rotatable bonds is 6. The zero-order valence-electron chi connectivity index (χ0n) is 23.9. The van der Waals surface area contributed by atoms with E-state index in [0.717, 1.165) is 27.7 Å². The molecule has 8 nitrogen and oxygen atoms in total. The number of nitrogens with one attached hydrogen (secondary N) is 1. The molecule has 7 rings (SSSR count). The number of nitrogens with zero attached hydrogens (tertiary/aromatic N) is 2. The van der Waals surface area contributed by atoms with Gasteiger partial charge in [-0.15, -0.1) is 0 Å². The SMILES string of the molecule is COc1ccccc1[C@H]1c2sc(=O)n(CC(=O)Nc3cccc4ccccc34)c2SC2C(=O)N(c3ccc(C)cc3)C(=O)C21. The maximum Gasteiger partial charge on any atom is 0.308 e. The second kappa shape index (κ2) is 11.1. The predicted octanol–water partition coefficient (Wildman–Crippen LogP) is 5.81. The van der Waals surface area contributed by atoms with Gasteiger partial charge in [-0.2, -0.15) is 0 Å². The second-order valence-corrected chi connectivity index (χ2v) is 13.0. The Morgan fingerprint density at radius 1 is 0.886 bits per heavy atom. The number of anilines is 2. The van der Waals surface area contributed by atoms with Crippen LogP contribution in [0.2, 0.25) is 0 Å². The van der Waals surface area contributed by atoms with Crippen molar-refractivity contribution in [2.24, 2.45) is 5.92 Å². The van der Waals surface area contributed by atoms with Gasteiger partial charge in [0.2, 0.25) is 17.7 Å². The number of hydrogen-bond acceptors (Lipinski definition) is 7. The van der Waals surface area contributed by atoms with Crippen LogP contribution in [0.3, 0.4) is 0 Å². The summed E-state index contributed by atoms with van der Waals surface area (Å²) in [4.78, 5) is 56.6. The van der Waals surface area contributed by atoms with E-state index in [2.05, 4.69) is 5.32 Å². The minimum Gasteiger partial charge on any atom is -0.496 e. The molecule has 0 spiro atoms. The van der Waals surface area contributed by atoms with E-state index in [1.807, 2.05) is 85.8 Å². The van der Waals surface area contributed by atoms with Crippen LogP contribution in [-0.4, -0.2) is 34.6 Å². The fourth-order valence-electron chi connectivity index (χ4n) is 6.13. The van der Waals surface area contributed by atoms with E-state index < -0.39 is 17.1 Å². The molecule has 0 radical (unpaired) electrons. The highest BCUT2D eigenvalue weighted by Gasteiger charge is 2.57. The normalized spacial score (nSPS) is 19.1. The molecule has 4 aromatic carbocycles. The standard InChI is InChI=1S/C34H27N3O5S2/c1-19-14-16-21(17-15-19)37-31(39)28-27(23-11-5-6-13-25(23)42-2)30-33(43-29(28)32(37)40)36(34(41)44-30)18-26(38)35-24-12-7-9-20-8-3-4-10-22(20)24/h3-17,27-29H,18H2,1-2H3,(H,35,38)/t27-,28?,29?/m1/s1. The van der Waals surface area contributed by atoms with Crippen LogP contribution in [0.5, 0.6) is 5.75 Å². The molecule has 2 aliphatic heterocycles. The first-order valence-corrected chi connectivity index (χ1v) is 15.8. The number of ether oxygens (including phenoxy) is 1. The van der Waals surface area contributed by atoms with Gasteiger partial charge in [0.05, 0.1) is 23.7 Å². The zero-order chi connectivity index (χ0) is 30.5. The number of fused-ring (bicyclic) bond motifs is 3. The molecule has 3 amide bonds. The minimum atomic E-state index is -0.785. The summed E-state index contributed by atoms with van der Waals surface area (Å²) in [5.74, 6) is -1.84. The molecule has 3 atom stereocenters. The number of carbonyl (C=O) groups is 3. The summed E-state index contributed by atoms with van der Waals surface area (Å²) in [6.45, 7) is 1.71. The summed E-state index contributed by atoms with van der Waals surface area (Å²) in [7, 11) is 1.56. The molecule has 2 unspecified atom stereocenters. The first-order chi connectivity index (χ1) is 21.4. The van der Waals surface area contributed by atoms with Gasteiger partial charge in [0, 0.05) is 27.4 Å². The van der Waals surface area contributed by atoms with Crippen LogP contribution >= 0.6 is 23.1 Å². The van der Waals surface area contributed by atoms with E-state index in [1.165, 1.54) is 21.2 Å². The van der Waals surface area contributed by atoms with Gasteiger partial charge in [-0.05, 0) is 36.6 Å². The van der Waals surface area contributed by atoms with Gasteiger partial charge in [0.1, 0.15) is 17.5 Å². The third-order valence-electron chi connectivity index (χ3n) is 8.18. The first kappa shape index (κ1) is 28.1. The van der Waals surface area contributed by atoms with E-state index in [9.17, 15) is 19.2 Å². The molecule has 0 bridgehead atoms. The van der Waals surface area contributed by atoms with Crippen molar-refractivity contribution in [1.29, 1.82) is 0 Å². The van der Waals surface area contributed by atoms with Crippen molar-refractivity contribution >= 4 is 63.0 Å². The number of aryl methyl sites for hydroxylation is 1. The highest BCUT2D eigenvalue weighted by Crippen LogP contribution is 2.55. The summed E-state index contributed by atoms with van der Waals surface area (Å²) in [6, 6.07) is 28.0. The largest absolute Gasteiger partial charge is 0.496 e. The number of hydrogen-bond donors (Lipinski definition) is 1. The van der Waals surface area contributed by atoms with Crippen LogP contribution in [0.15, 0.2) is 101 Å². The molecular weight excluding hydrogens is 595 g/mol. The number of aromatic nitrogens is 1. The lowest BCUT2D eigenvalue weighted by atomic mass is 9.82. The van der Waals surface area contributed by atoms with Gasteiger partial charge in [-0.3, -0.25) is 23.7 Å². The third kappa shape index (κ3) is 4.61. The smallest absolute Gasteiger partial charge is 0.308 e. The number of para-hydroxylation sites is 1. The number of amides is 3. The quantitative estimate of drug-likeness (QED) is 0.240. The van der Waals surface area contributed by atoms with Gasteiger partial charge in [0.15, 0.2) is 0 Å². The number of thiazole rings is 1. The molecule has 1 saturated heterocycles. The molecule has 220 valence electrons. The van der Waals surface area contributed by atoms with Crippen LogP contribution in [0.1, 0.15) is 21.9 Å². The van der Waals surface area contributed by atoms with Gasteiger partial charge >= 0.3 is 4.87 Å². The van der Waals surface area contributed by atoms with Crippen LogP contribution in [0, 0.1) is 12.8 Å². The Morgan fingerprint density at radius 2 is 1.61 bits per heavy atom. The fourth-order valence-corrected chi connectivity index (χ4v) is 8.89. The van der Waals surface area contributed by atoms with Crippen LogP contribution in [-0.2, 0) is 20.9 Å². The van der Waals surface area contributed by atoms with Crippen LogP contribution in [0.25, 0.3) is 10.8 Å². The van der Waals surface area contributed by atoms with Gasteiger partial charge in [-0.25, -0.2) is 4.90 Å². The van der Waals surface area contributed by atoms with E-state index in [-0.39, 0.29) is 29.1 Å². The average Bonchev–Trinajstić information content (AvgIpc) is 3.48. The predicted molar refractivity (Wildman–Crippen MR) is 173 cm³/mol. The molecule has 2 aliphatic rings. The average molecular weight is 622 g/mol. The van der Waals surface area contributed by atoms with Crippen molar-refractivity contribution in [3.05, 3.63) is 117 Å². The maximum atomic E-state index is 14.1. The summed E-state index contributed by atoms with van der Waals surface area (Å²) in [5, 5.41) is 4.58. The number of methoxy groups -OCH3 is 1. The summed E-state index contributed by atoms with van der Waals surface area (Å²) in [5.41, 5.74) is 2.89. The van der Waals surface area contributed by atoms with Gasteiger partial charge in [0.25, 0.3) is 0 Å². The Bertz CT molecular complexity index is 2010. The molecule has 1 aromatic heterocycles. The highest BCUT2D eigenvalue weighted by atomic mass is 32.2. The molecular formula is C34H27N3O5S2. The lowest BCUT2D eigenvalue weighted by Gasteiger charge is -2.31. The summed E-state index contributed by atoms with van der Waals surface area (Å²) >= 11 is 2.20. The Morgan fingerprint density at radius 3 is 2.41 bits per heavy atom. The number of thioether (sulfide) groups is 1. The number of carbonyl (C=O) groups excluding carboxylic acids is 3. The van der Waals surface area contributed by atoms with Crippen LogP contribution in [0.4, 0.5) is 11.4 Å². The minimum absolute atomic E-state index is 0.235. The Balaban J connectivity index is 1.30. The Labute approximate surface area is 261 Å². The van der Waals surface area contributed by atoms with Crippen molar-refractivity contribution in [2.75, 3.05) is 17.3 Å². The maximum absolute atomic E-state index is 14.1. The Kier molecular flexibility index (Phi) is 7.10. The van der Waals surface area contributed by atoms with Gasteiger partial charge in [-0.1, -0.05) is 95.4 Å². The van der Waals surface area contributed by atoms with Crippen molar-refractivity contribution in [2.45, 2.75) is 29.7 Å². The van der Waals surface area contributed by atoms with Crippen molar-refractivity contribution in [1.82, 2.24) is 4.57 Å². The number of benzene rings is 4. The lowest BCUT2D eigenvalue weighted by molar-refractivity contribution is -0.122. The molecule has 44 heavy (non-hydrogen) atoms. The fraction of sp³-hybridized carbons (Fsp3) is 0.176. The van der Waals surface area contributed by atoms with E-state index in [1.54, 1.807) is 19.2 Å². The zero-order valence-corrected chi connectivity index (χ0v) is 25.5. The molecule has 1 N–H and O–H groups in total. The highest BCUT2D eigenvalue weighted by molar-refractivity contribution is 8.00. The summed E-state index contributed by atoms with van der Waals surface area (Å²) in [6.07, 6.45) is 0. The molecule has 1 fully saturated rings. The van der Waals surface area contributed by atoms with Gasteiger partial charge < -0.3 is 10.1 Å². The van der Waals surface area contributed by atoms with Crippen molar-refractivity contribution in [3.8, 4) is 5.75 Å². The van der Waals surface area contributed by atoms with Crippen molar-refractivity contribution in [3.63, 3.8) is 0 Å². The molecule has 0 saturated carbocycles. The molecule has 10 heteroatoms. The van der Waals surface area contributed by atoms with E-state index in [4.69, 9.17) is 4.74 Å². The number of imide groups is 1.